The van der Waals surface area contributed by atoms with Crippen molar-refractivity contribution in [1.29, 1.82) is 0 Å². The van der Waals surface area contributed by atoms with E-state index in [0.29, 0.717) is 31.4 Å². The van der Waals surface area contributed by atoms with Gasteiger partial charge in [0, 0.05) is 77.0 Å². The molecule has 3 aliphatic rings. The Hall–Kier alpha value is -3.21. The second-order valence-electron chi connectivity index (χ2n) is 10.9. The SMILES string of the molecule is CN1CCN(c2ccc(Nc3ncc(C(F)F)c(NCCCN4CCCCN(C)C4=O)n3)c(C3CC3)c2)CC1. The molecule has 2 aliphatic heterocycles. The third-order valence-electron chi connectivity index (χ3n) is 7.89. The standard InChI is InChI=1S/C28H40F2N8O/c1-35-14-16-37(17-15-35)21-8-9-24(22(18-21)20-6-7-20)33-27-32-19-23(25(29)30)26(34-27)31-10-5-13-38-12-4-3-11-36(2)28(38)39/h8-9,18-20,25H,3-7,10-17H2,1-2H3,(H2,31,32,33,34). The molecule has 1 saturated carbocycles. The van der Waals surface area contributed by atoms with Crippen LogP contribution in [0.2, 0.25) is 0 Å². The van der Waals surface area contributed by atoms with Crippen molar-refractivity contribution in [2.24, 2.45) is 0 Å². The Morgan fingerprint density at radius 3 is 2.56 bits per heavy atom. The van der Waals surface area contributed by atoms with E-state index < -0.39 is 6.43 Å². The van der Waals surface area contributed by atoms with Gasteiger partial charge in [-0.15, -0.1) is 0 Å². The van der Waals surface area contributed by atoms with Gasteiger partial charge in [-0.2, -0.15) is 4.98 Å². The van der Waals surface area contributed by atoms with Crippen LogP contribution < -0.4 is 15.5 Å². The molecule has 0 unspecified atom stereocenters. The minimum absolute atomic E-state index is 0.0272. The summed E-state index contributed by atoms with van der Waals surface area (Å²) in [6.07, 6.45) is 3.40. The van der Waals surface area contributed by atoms with Crippen molar-refractivity contribution >= 4 is 29.2 Å². The molecule has 212 valence electrons. The molecule has 11 heteroatoms. The molecule has 5 rings (SSSR count). The Bertz CT molecular complexity index is 1140. The number of amides is 2. The van der Waals surface area contributed by atoms with Gasteiger partial charge in [-0.05, 0) is 68.8 Å². The van der Waals surface area contributed by atoms with Crippen molar-refractivity contribution < 1.29 is 13.6 Å². The fourth-order valence-corrected chi connectivity index (χ4v) is 5.30. The maximum absolute atomic E-state index is 13.7. The molecule has 0 bridgehead atoms. The first kappa shape index (κ1) is 27.4. The van der Waals surface area contributed by atoms with Crippen LogP contribution in [0.1, 0.15) is 55.6 Å². The van der Waals surface area contributed by atoms with Crippen molar-refractivity contribution in [2.45, 2.75) is 44.4 Å². The second kappa shape index (κ2) is 12.3. The highest BCUT2D eigenvalue weighted by Crippen LogP contribution is 2.45. The van der Waals surface area contributed by atoms with Gasteiger partial charge in [0.1, 0.15) is 5.82 Å². The number of nitrogens with one attached hydrogen (secondary N) is 2. The van der Waals surface area contributed by atoms with Crippen LogP contribution >= 0.6 is 0 Å². The smallest absolute Gasteiger partial charge is 0.319 e. The zero-order chi connectivity index (χ0) is 27.4. The first-order valence-corrected chi connectivity index (χ1v) is 14.1. The number of urea groups is 1. The number of rotatable bonds is 10. The molecular formula is C28H40F2N8O. The number of carbonyl (C=O) groups is 1. The number of benzene rings is 1. The van der Waals surface area contributed by atoms with Crippen molar-refractivity contribution in [2.75, 3.05) is 82.0 Å². The molecule has 3 fully saturated rings. The van der Waals surface area contributed by atoms with Gasteiger partial charge in [0.15, 0.2) is 0 Å². The summed E-state index contributed by atoms with van der Waals surface area (Å²) in [6.45, 7) is 6.59. The molecule has 1 aliphatic carbocycles. The first-order chi connectivity index (χ1) is 18.9. The Morgan fingerprint density at radius 2 is 1.82 bits per heavy atom. The summed E-state index contributed by atoms with van der Waals surface area (Å²) in [5.74, 6) is 0.919. The molecule has 39 heavy (non-hydrogen) atoms. The predicted molar refractivity (Wildman–Crippen MR) is 150 cm³/mol. The van der Waals surface area contributed by atoms with Gasteiger partial charge < -0.3 is 30.2 Å². The fraction of sp³-hybridized carbons (Fsp3) is 0.607. The minimum atomic E-state index is -2.69. The van der Waals surface area contributed by atoms with Gasteiger partial charge in [0.2, 0.25) is 5.95 Å². The van der Waals surface area contributed by atoms with Crippen LogP contribution in [0, 0.1) is 0 Å². The van der Waals surface area contributed by atoms with E-state index in [1.807, 2.05) is 11.9 Å². The molecule has 0 radical (unpaired) electrons. The van der Waals surface area contributed by atoms with E-state index in [2.05, 4.69) is 55.6 Å². The van der Waals surface area contributed by atoms with Gasteiger partial charge in [-0.1, -0.05) is 0 Å². The summed E-state index contributed by atoms with van der Waals surface area (Å²) in [4.78, 5) is 29.5. The zero-order valence-corrected chi connectivity index (χ0v) is 23.0. The van der Waals surface area contributed by atoms with Gasteiger partial charge in [0.25, 0.3) is 6.43 Å². The lowest BCUT2D eigenvalue weighted by Crippen LogP contribution is -2.44. The normalized spacial score (nSPS) is 19.0. The number of halogens is 2. The Kier molecular flexibility index (Phi) is 8.64. The number of likely N-dealkylation sites (N-methyl/N-ethyl adjacent to an activating group) is 1. The summed E-state index contributed by atoms with van der Waals surface area (Å²) in [7, 11) is 3.97. The lowest BCUT2D eigenvalue weighted by Gasteiger charge is -2.34. The van der Waals surface area contributed by atoms with E-state index in [1.165, 1.54) is 17.4 Å². The minimum Gasteiger partial charge on any atom is -0.369 e. The van der Waals surface area contributed by atoms with Crippen LogP contribution in [-0.4, -0.2) is 97.2 Å². The number of hydrogen-bond donors (Lipinski definition) is 2. The van der Waals surface area contributed by atoms with Crippen molar-refractivity contribution in [1.82, 2.24) is 24.7 Å². The summed E-state index contributed by atoms with van der Waals surface area (Å²) < 4.78 is 27.5. The molecule has 2 amide bonds. The first-order valence-electron chi connectivity index (χ1n) is 14.1. The van der Waals surface area contributed by atoms with E-state index in [9.17, 15) is 13.6 Å². The molecule has 3 heterocycles. The van der Waals surface area contributed by atoms with E-state index in [1.54, 1.807) is 4.90 Å². The lowest BCUT2D eigenvalue weighted by molar-refractivity contribution is 0.151. The average Bonchev–Trinajstić information content (AvgIpc) is 3.78. The van der Waals surface area contributed by atoms with Crippen LogP contribution in [0.15, 0.2) is 24.4 Å². The summed E-state index contributed by atoms with van der Waals surface area (Å²) >= 11 is 0. The molecule has 1 aromatic carbocycles. The highest BCUT2D eigenvalue weighted by atomic mass is 19.3. The number of alkyl halides is 2. The van der Waals surface area contributed by atoms with E-state index in [-0.39, 0.29) is 17.4 Å². The lowest BCUT2D eigenvalue weighted by atomic mass is 10.1. The van der Waals surface area contributed by atoms with Crippen LogP contribution in [0.4, 0.5) is 36.7 Å². The Labute approximate surface area is 229 Å². The number of aromatic nitrogens is 2. The van der Waals surface area contributed by atoms with Crippen LogP contribution in [-0.2, 0) is 0 Å². The highest BCUT2D eigenvalue weighted by Gasteiger charge is 2.28. The average molecular weight is 543 g/mol. The van der Waals surface area contributed by atoms with Gasteiger partial charge in [0.05, 0.1) is 5.56 Å². The number of carbonyl (C=O) groups excluding carboxylic acids is 1. The molecule has 2 N–H and O–H groups in total. The van der Waals surface area contributed by atoms with Gasteiger partial charge >= 0.3 is 6.03 Å². The molecule has 0 atom stereocenters. The number of piperazine rings is 1. The number of nitrogens with zero attached hydrogens (tertiary/aromatic N) is 6. The molecule has 2 aromatic rings. The monoisotopic (exact) mass is 542 g/mol. The number of hydrogen-bond acceptors (Lipinski definition) is 7. The van der Waals surface area contributed by atoms with E-state index in [0.717, 1.165) is 70.6 Å². The summed E-state index contributed by atoms with van der Waals surface area (Å²) in [6, 6.07) is 6.47. The third-order valence-corrected chi connectivity index (χ3v) is 7.89. The molecule has 0 spiro atoms. The van der Waals surface area contributed by atoms with Crippen molar-refractivity contribution in [3.63, 3.8) is 0 Å². The van der Waals surface area contributed by atoms with Crippen LogP contribution in [0.25, 0.3) is 0 Å². The molecule has 1 aromatic heterocycles. The predicted octanol–water partition coefficient (Wildman–Crippen LogP) is 4.74. The van der Waals surface area contributed by atoms with Crippen LogP contribution in [0.3, 0.4) is 0 Å². The van der Waals surface area contributed by atoms with Crippen molar-refractivity contribution in [3.05, 3.63) is 35.5 Å². The van der Waals surface area contributed by atoms with E-state index in [4.69, 9.17) is 0 Å². The fourth-order valence-electron chi connectivity index (χ4n) is 5.30. The second-order valence-corrected chi connectivity index (χ2v) is 10.9. The molecular weight excluding hydrogens is 502 g/mol. The molecule has 9 nitrogen and oxygen atoms in total. The largest absolute Gasteiger partial charge is 0.369 e. The Balaban J connectivity index is 1.25. The highest BCUT2D eigenvalue weighted by molar-refractivity contribution is 5.74. The molecule has 2 saturated heterocycles. The van der Waals surface area contributed by atoms with E-state index >= 15 is 0 Å². The third kappa shape index (κ3) is 6.87. The van der Waals surface area contributed by atoms with Gasteiger partial charge in [-0.25, -0.2) is 18.6 Å². The van der Waals surface area contributed by atoms with Crippen LogP contribution in [0.5, 0.6) is 0 Å². The zero-order valence-electron chi connectivity index (χ0n) is 23.0. The summed E-state index contributed by atoms with van der Waals surface area (Å²) in [5, 5.41) is 6.38. The topological polar surface area (TPSA) is 79.9 Å². The maximum atomic E-state index is 13.7. The van der Waals surface area contributed by atoms with Gasteiger partial charge in [-0.3, -0.25) is 0 Å². The maximum Gasteiger partial charge on any atom is 0.319 e. The van der Waals surface area contributed by atoms with Crippen molar-refractivity contribution in [3.8, 4) is 0 Å². The summed E-state index contributed by atoms with van der Waals surface area (Å²) in [5.41, 5.74) is 3.16. The quantitative estimate of drug-likeness (QED) is 0.420. The Morgan fingerprint density at radius 1 is 1.05 bits per heavy atom. The number of anilines is 4.